The summed E-state index contributed by atoms with van der Waals surface area (Å²) < 4.78 is 0. The number of anilines is 1. The van der Waals surface area contributed by atoms with Crippen LogP contribution in [-0.4, -0.2) is 40.4 Å². The summed E-state index contributed by atoms with van der Waals surface area (Å²) in [4.78, 5) is 37.5. The zero-order chi connectivity index (χ0) is 17.8. The molecule has 3 rings (SSSR count). The van der Waals surface area contributed by atoms with Crippen LogP contribution >= 0.6 is 0 Å². The average Bonchev–Trinajstić information content (AvgIpc) is 3.44. The molecule has 1 unspecified atom stereocenters. The Morgan fingerprint density at radius 1 is 1.16 bits per heavy atom. The van der Waals surface area contributed by atoms with Crippen molar-refractivity contribution in [1.82, 2.24) is 4.90 Å². The fourth-order valence-electron chi connectivity index (χ4n) is 3.29. The number of amides is 2. The van der Waals surface area contributed by atoms with Gasteiger partial charge in [-0.25, -0.2) is 4.79 Å². The topological polar surface area (TPSA) is 86.7 Å². The quantitative estimate of drug-likeness (QED) is 0.831. The normalized spacial score (nSPS) is 20.2. The molecule has 1 saturated heterocycles. The Morgan fingerprint density at radius 2 is 1.96 bits per heavy atom. The molecular formula is C19H24N2O4. The predicted molar refractivity (Wildman–Crippen MR) is 93.3 cm³/mol. The Morgan fingerprint density at radius 3 is 2.68 bits per heavy atom. The van der Waals surface area contributed by atoms with Gasteiger partial charge in [-0.15, -0.1) is 0 Å². The van der Waals surface area contributed by atoms with Crippen LogP contribution in [0.1, 0.15) is 55.3 Å². The lowest BCUT2D eigenvalue weighted by Crippen LogP contribution is -2.48. The molecule has 6 heteroatoms. The highest BCUT2D eigenvalue weighted by Gasteiger charge is 2.32. The highest BCUT2D eigenvalue weighted by molar-refractivity contribution is 5.99. The lowest BCUT2D eigenvalue weighted by molar-refractivity contribution is -0.143. The number of aliphatic carboxylic acids is 1. The van der Waals surface area contributed by atoms with Gasteiger partial charge in [0, 0.05) is 24.2 Å². The number of nitrogens with zero attached hydrogens (tertiary/aromatic N) is 1. The smallest absolute Gasteiger partial charge is 0.326 e. The van der Waals surface area contributed by atoms with E-state index in [1.165, 1.54) is 17.7 Å². The standard InChI is InChI=1S/C19H24N2O4/c22-17(10-9-13-7-8-13)20-15-5-3-4-14(12-15)18(23)21-11-2-1-6-16(21)19(24)25/h3-5,12-13,16H,1-2,6-11H2,(H,20,22)(H,24,25). The minimum absolute atomic E-state index is 0.0436. The molecular weight excluding hydrogens is 320 g/mol. The lowest BCUT2D eigenvalue weighted by atomic mass is 10.0. The number of hydrogen-bond acceptors (Lipinski definition) is 3. The van der Waals surface area contributed by atoms with Crippen molar-refractivity contribution in [1.29, 1.82) is 0 Å². The molecule has 1 aliphatic carbocycles. The van der Waals surface area contributed by atoms with Gasteiger partial charge in [-0.1, -0.05) is 18.9 Å². The largest absolute Gasteiger partial charge is 0.480 e. The second-order valence-electron chi connectivity index (χ2n) is 6.96. The van der Waals surface area contributed by atoms with Crippen molar-refractivity contribution in [2.45, 2.75) is 51.0 Å². The zero-order valence-electron chi connectivity index (χ0n) is 14.2. The Bertz CT molecular complexity index is 669. The average molecular weight is 344 g/mol. The predicted octanol–water partition coefficient (Wildman–Crippen LogP) is 2.89. The second-order valence-corrected chi connectivity index (χ2v) is 6.96. The third-order valence-electron chi connectivity index (χ3n) is 4.92. The van der Waals surface area contributed by atoms with Gasteiger partial charge in [0.25, 0.3) is 5.91 Å². The fraction of sp³-hybridized carbons (Fsp3) is 0.526. The minimum Gasteiger partial charge on any atom is -0.480 e. The van der Waals surface area contributed by atoms with Crippen LogP contribution in [0, 0.1) is 5.92 Å². The van der Waals surface area contributed by atoms with E-state index < -0.39 is 12.0 Å². The highest BCUT2D eigenvalue weighted by Crippen LogP contribution is 2.33. The van der Waals surface area contributed by atoms with Gasteiger partial charge in [0.15, 0.2) is 0 Å². The van der Waals surface area contributed by atoms with Crippen molar-refractivity contribution in [2.75, 3.05) is 11.9 Å². The summed E-state index contributed by atoms with van der Waals surface area (Å²) >= 11 is 0. The van der Waals surface area contributed by atoms with E-state index in [2.05, 4.69) is 5.32 Å². The van der Waals surface area contributed by atoms with E-state index in [0.717, 1.165) is 19.3 Å². The van der Waals surface area contributed by atoms with E-state index in [9.17, 15) is 19.5 Å². The Kier molecular flexibility index (Phi) is 5.36. The zero-order valence-corrected chi connectivity index (χ0v) is 14.2. The molecule has 1 saturated carbocycles. The number of carbonyl (C=O) groups excluding carboxylic acids is 2. The van der Waals surface area contributed by atoms with Crippen LogP contribution < -0.4 is 5.32 Å². The molecule has 1 aromatic carbocycles. The number of piperidine rings is 1. The Balaban J connectivity index is 1.65. The Hall–Kier alpha value is -2.37. The summed E-state index contributed by atoms with van der Waals surface area (Å²) in [5, 5.41) is 12.2. The molecule has 6 nitrogen and oxygen atoms in total. The van der Waals surface area contributed by atoms with E-state index in [1.54, 1.807) is 24.3 Å². The minimum atomic E-state index is -0.961. The molecule has 0 aromatic heterocycles. The summed E-state index contributed by atoms with van der Waals surface area (Å²) in [6.45, 7) is 0.452. The number of carbonyl (C=O) groups is 3. The van der Waals surface area contributed by atoms with Gasteiger partial charge in [-0.2, -0.15) is 0 Å². The molecule has 25 heavy (non-hydrogen) atoms. The van der Waals surface area contributed by atoms with E-state index in [0.29, 0.717) is 36.6 Å². The van der Waals surface area contributed by atoms with Gasteiger partial charge in [-0.05, 0) is 49.8 Å². The van der Waals surface area contributed by atoms with Crippen molar-refractivity contribution >= 4 is 23.5 Å². The van der Waals surface area contributed by atoms with Crippen LogP contribution in [-0.2, 0) is 9.59 Å². The van der Waals surface area contributed by atoms with Crippen molar-refractivity contribution in [3.63, 3.8) is 0 Å². The molecule has 2 fully saturated rings. The van der Waals surface area contributed by atoms with Crippen LogP contribution in [0.4, 0.5) is 5.69 Å². The van der Waals surface area contributed by atoms with E-state index in [4.69, 9.17) is 0 Å². The van der Waals surface area contributed by atoms with Crippen molar-refractivity contribution in [3.8, 4) is 0 Å². The first-order valence-electron chi connectivity index (χ1n) is 8.98. The molecule has 1 heterocycles. The number of carboxylic acids is 1. The van der Waals surface area contributed by atoms with E-state index in [1.807, 2.05) is 0 Å². The monoisotopic (exact) mass is 344 g/mol. The first kappa shape index (κ1) is 17.5. The molecule has 2 N–H and O–H groups in total. The van der Waals surface area contributed by atoms with Crippen LogP contribution in [0.15, 0.2) is 24.3 Å². The van der Waals surface area contributed by atoms with Gasteiger partial charge in [0.1, 0.15) is 6.04 Å². The third-order valence-corrected chi connectivity index (χ3v) is 4.92. The van der Waals surface area contributed by atoms with E-state index in [-0.39, 0.29) is 11.8 Å². The van der Waals surface area contributed by atoms with Gasteiger partial charge < -0.3 is 15.3 Å². The maximum Gasteiger partial charge on any atom is 0.326 e. The molecule has 2 aliphatic rings. The number of benzene rings is 1. The molecule has 134 valence electrons. The molecule has 1 atom stereocenters. The number of rotatable bonds is 6. The molecule has 2 amide bonds. The maximum absolute atomic E-state index is 12.7. The van der Waals surface area contributed by atoms with Crippen LogP contribution in [0.5, 0.6) is 0 Å². The summed E-state index contributed by atoms with van der Waals surface area (Å²) in [6, 6.07) is 5.99. The molecule has 1 aliphatic heterocycles. The van der Waals surface area contributed by atoms with Gasteiger partial charge in [-0.3, -0.25) is 9.59 Å². The highest BCUT2D eigenvalue weighted by atomic mass is 16.4. The number of hydrogen-bond donors (Lipinski definition) is 2. The van der Waals surface area contributed by atoms with Gasteiger partial charge >= 0.3 is 5.97 Å². The van der Waals surface area contributed by atoms with Crippen LogP contribution in [0.3, 0.4) is 0 Å². The molecule has 0 radical (unpaired) electrons. The van der Waals surface area contributed by atoms with Crippen LogP contribution in [0.2, 0.25) is 0 Å². The van der Waals surface area contributed by atoms with Gasteiger partial charge in [0.2, 0.25) is 5.91 Å². The summed E-state index contributed by atoms with van der Waals surface area (Å²) in [6.07, 6.45) is 5.97. The summed E-state index contributed by atoms with van der Waals surface area (Å²) in [5.74, 6) is -0.595. The number of likely N-dealkylation sites (tertiary alicyclic amines) is 1. The van der Waals surface area contributed by atoms with Crippen LogP contribution in [0.25, 0.3) is 0 Å². The van der Waals surface area contributed by atoms with Crippen molar-refractivity contribution < 1.29 is 19.5 Å². The summed E-state index contributed by atoms with van der Waals surface area (Å²) in [5.41, 5.74) is 0.990. The maximum atomic E-state index is 12.7. The summed E-state index contributed by atoms with van der Waals surface area (Å²) in [7, 11) is 0. The van der Waals surface area contributed by atoms with Crippen molar-refractivity contribution in [2.24, 2.45) is 5.92 Å². The fourth-order valence-corrected chi connectivity index (χ4v) is 3.29. The SMILES string of the molecule is O=C(CCC1CC1)Nc1cccc(C(=O)N2CCCCC2C(=O)O)c1. The Labute approximate surface area is 147 Å². The first-order chi connectivity index (χ1) is 12.0. The number of nitrogens with one attached hydrogen (secondary N) is 1. The molecule has 0 bridgehead atoms. The number of carboxylic acid groups (broad SMARTS) is 1. The van der Waals surface area contributed by atoms with Gasteiger partial charge in [0.05, 0.1) is 0 Å². The molecule has 1 aromatic rings. The van der Waals surface area contributed by atoms with E-state index >= 15 is 0 Å². The third kappa shape index (κ3) is 4.59. The second kappa shape index (κ2) is 7.68. The first-order valence-corrected chi connectivity index (χ1v) is 8.98. The van der Waals surface area contributed by atoms with Crippen molar-refractivity contribution in [3.05, 3.63) is 29.8 Å². The molecule has 0 spiro atoms. The lowest BCUT2D eigenvalue weighted by Gasteiger charge is -2.33.